The van der Waals surface area contributed by atoms with Crippen LogP contribution in [0.4, 0.5) is 5.69 Å². The molecule has 2 heterocycles. The summed E-state index contributed by atoms with van der Waals surface area (Å²) in [6.07, 6.45) is -1.99. The Labute approximate surface area is 203 Å². The van der Waals surface area contributed by atoms with Gasteiger partial charge in [0.05, 0.1) is 6.10 Å². The number of amides is 1. The van der Waals surface area contributed by atoms with Crippen LogP contribution in [-0.4, -0.2) is 76.7 Å². The smallest absolute Gasteiger partial charge is 0.262 e. The molecule has 4 rings (SSSR count). The highest BCUT2D eigenvalue weighted by molar-refractivity contribution is 6.02. The second kappa shape index (κ2) is 11.2. The average Bonchev–Trinajstić information content (AvgIpc) is 2.97. The Morgan fingerprint density at radius 1 is 1.06 bits per heavy atom. The second-order valence-corrected chi connectivity index (χ2v) is 9.14. The fraction of sp³-hybridized carbons (Fsp3) is 0.462. The lowest BCUT2D eigenvalue weighted by atomic mass is 10.0. The molecule has 186 valence electrons. The van der Waals surface area contributed by atoms with E-state index < -0.39 is 36.6 Å². The first-order valence-corrected chi connectivity index (χ1v) is 11.9. The summed E-state index contributed by atoms with van der Waals surface area (Å²) in [5.74, 6) is -0.683. The van der Waals surface area contributed by atoms with Crippen molar-refractivity contribution in [3.8, 4) is 6.07 Å². The molecule has 9 nitrogen and oxygen atoms in total. The van der Waals surface area contributed by atoms with Crippen LogP contribution in [0.5, 0.6) is 0 Å². The van der Waals surface area contributed by atoms with E-state index in [1.54, 1.807) is 0 Å². The minimum Gasteiger partial charge on any atom is -0.390 e. The van der Waals surface area contributed by atoms with Gasteiger partial charge in [0.2, 0.25) is 0 Å². The number of piperidine rings is 1. The van der Waals surface area contributed by atoms with E-state index in [1.165, 1.54) is 31.0 Å². The van der Waals surface area contributed by atoms with E-state index in [2.05, 4.69) is 22.3 Å². The molecule has 35 heavy (non-hydrogen) atoms. The number of benzene rings is 2. The van der Waals surface area contributed by atoms with E-state index in [-0.39, 0.29) is 18.5 Å². The number of fused-ring (bicyclic) bond motifs is 1. The molecule has 5 atom stereocenters. The lowest BCUT2D eigenvalue weighted by Crippen LogP contribution is -2.45. The molecule has 0 aromatic heterocycles. The topological polar surface area (TPSA) is 146 Å². The Balaban J connectivity index is 1.44. The molecule has 2 aromatic rings. The maximum absolute atomic E-state index is 12.6. The van der Waals surface area contributed by atoms with Gasteiger partial charge in [-0.1, -0.05) is 18.2 Å². The van der Waals surface area contributed by atoms with Crippen LogP contribution in [-0.2, 0) is 9.53 Å². The van der Waals surface area contributed by atoms with Gasteiger partial charge in [-0.15, -0.1) is 0 Å². The fourth-order valence-electron chi connectivity index (χ4n) is 4.56. The molecule has 0 bridgehead atoms. The third-order valence-electron chi connectivity index (χ3n) is 6.61. The van der Waals surface area contributed by atoms with Gasteiger partial charge in [-0.25, -0.2) is 0 Å². The fourth-order valence-corrected chi connectivity index (χ4v) is 4.56. The number of nitrogens with one attached hydrogen (secondary N) is 1. The first kappa shape index (κ1) is 25.1. The van der Waals surface area contributed by atoms with Crippen LogP contribution >= 0.6 is 0 Å². The van der Waals surface area contributed by atoms with Crippen LogP contribution in [0.15, 0.2) is 42.0 Å². The van der Waals surface area contributed by atoms with E-state index in [1.807, 2.05) is 30.3 Å². The molecule has 2 saturated heterocycles. The molecule has 9 heteroatoms. The van der Waals surface area contributed by atoms with Gasteiger partial charge in [0.25, 0.3) is 5.91 Å². The van der Waals surface area contributed by atoms with E-state index in [4.69, 9.17) is 4.74 Å². The standard InChI is InChI=1S/C26H31N3O6/c27-14-19(25(33)28-15-23-24(32)21(30)13-22(31)26(34)35-23)11-16-4-5-18-12-20(7-6-17(18)10-16)29-8-2-1-3-9-29/h4-7,10-12,21-24,26,30-32,34H,1-3,8-9,13,15H2,(H,28,33)/b19-11+/t21-,22-,23-,24+,26?/m1/s1. The molecular weight excluding hydrogens is 450 g/mol. The Morgan fingerprint density at radius 3 is 2.51 bits per heavy atom. The van der Waals surface area contributed by atoms with Crippen LogP contribution < -0.4 is 10.2 Å². The van der Waals surface area contributed by atoms with Crippen LogP contribution in [0, 0.1) is 11.3 Å². The second-order valence-electron chi connectivity index (χ2n) is 9.14. The van der Waals surface area contributed by atoms with Gasteiger partial charge in [0, 0.05) is 31.7 Å². The van der Waals surface area contributed by atoms with Gasteiger partial charge in [-0.2, -0.15) is 5.26 Å². The number of aliphatic hydroxyl groups excluding tert-OH is 4. The predicted molar refractivity (Wildman–Crippen MR) is 130 cm³/mol. The van der Waals surface area contributed by atoms with Gasteiger partial charge >= 0.3 is 0 Å². The highest BCUT2D eigenvalue weighted by Gasteiger charge is 2.37. The van der Waals surface area contributed by atoms with Crippen molar-refractivity contribution in [3.63, 3.8) is 0 Å². The lowest BCUT2D eigenvalue weighted by molar-refractivity contribution is -0.191. The third kappa shape index (κ3) is 5.99. The number of ether oxygens (including phenoxy) is 1. The summed E-state index contributed by atoms with van der Waals surface area (Å²) in [4.78, 5) is 15.0. The molecule has 5 N–H and O–H groups in total. The van der Waals surface area contributed by atoms with E-state index in [0.717, 1.165) is 23.9 Å². The van der Waals surface area contributed by atoms with Crippen molar-refractivity contribution in [2.45, 2.75) is 56.4 Å². The van der Waals surface area contributed by atoms with E-state index >= 15 is 0 Å². The van der Waals surface area contributed by atoms with E-state index in [9.17, 15) is 30.5 Å². The number of nitrogens with zero attached hydrogens (tertiary/aromatic N) is 2. The van der Waals surface area contributed by atoms with Crippen LogP contribution in [0.25, 0.3) is 16.8 Å². The van der Waals surface area contributed by atoms with Gasteiger partial charge in [0.1, 0.15) is 30.0 Å². The summed E-state index contributed by atoms with van der Waals surface area (Å²) in [6, 6.07) is 13.9. The number of aliphatic hydroxyl groups is 4. The van der Waals surface area contributed by atoms with Crippen molar-refractivity contribution >= 4 is 28.4 Å². The number of hydrogen-bond donors (Lipinski definition) is 5. The summed E-state index contributed by atoms with van der Waals surface area (Å²) in [6.45, 7) is 1.86. The number of nitriles is 1. The Morgan fingerprint density at radius 2 is 1.77 bits per heavy atom. The summed E-state index contributed by atoms with van der Waals surface area (Å²) in [5, 5.41) is 53.7. The zero-order valence-corrected chi connectivity index (χ0v) is 19.4. The quantitative estimate of drug-likeness (QED) is 0.315. The van der Waals surface area contributed by atoms with Crippen molar-refractivity contribution in [2.24, 2.45) is 0 Å². The molecule has 0 saturated carbocycles. The van der Waals surface area contributed by atoms with Gasteiger partial charge in [-0.3, -0.25) is 4.79 Å². The molecule has 0 aliphatic carbocycles. The average molecular weight is 482 g/mol. The molecule has 2 aliphatic rings. The Kier molecular flexibility index (Phi) is 8.00. The SMILES string of the molecule is N#C/C(=C\c1ccc2cc(N3CCCCC3)ccc2c1)C(=O)NC[C@H]1OC(O)[C@H](O)C[C@@H](O)[C@@H]1O. The molecular formula is C26H31N3O6. The molecule has 0 radical (unpaired) electrons. The molecule has 2 fully saturated rings. The first-order valence-electron chi connectivity index (χ1n) is 11.9. The monoisotopic (exact) mass is 481 g/mol. The minimum atomic E-state index is -1.61. The summed E-state index contributed by atoms with van der Waals surface area (Å²) in [7, 11) is 0. The predicted octanol–water partition coefficient (Wildman–Crippen LogP) is 1.04. The number of carbonyl (C=O) groups excluding carboxylic acids is 1. The van der Waals surface area contributed by atoms with E-state index in [0.29, 0.717) is 5.56 Å². The number of rotatable bonds is 5. The third-order valence-corrected chi connectivity index (χ3v) is 6.61. The summed E-state index contributed by atoms with van der Waals surface area (Å²) >= 11 is 0. The Hall–Kier alpha value is -3.00. The van der Waals surface area contributed by atoms with Crippen molar-refractivity contribution in [1.29, 1.82) is 5.26 Å². The molecule has 1 unspecified atom stereocenters. The van der Waals surface area contributed by atoms with Gasteiger partial charge < -0.3 is 35.4 Å². The van der Waals surface area contributed by atoms with Crippen LogP contribution in [0.1, 0.15) is 31.2 Å². The maximum atomic E-state index is 12.6. The van der Waals surface area contributed by atoms with Crippen LogP contribution in [0.2, 0.25) is 0 Å². The first-order chi connectivity index (χ1) is 16.9. The van der Waals surface area contributed by atoms with Crippen LogP contribution in [0.3, 0.4) is 0 Å². The van der Waals surface area contributed by atoms with Gasteiger partial charge in [-0.05, 0) is 59.9 Å². The van der Waals surface area contributed by atoms with Crippen molar-refractivity contribution in [3.05, 3.63) is 47.5 Å². The highest BCUT2D eigenvalue weighted by atomic mass is 16.6. The number of hydrogen-bond acceptors (Lipinski definition) is 8. The van der Waals surface area contributed by atoms with Crippen molar-refractivity contribution in [1.82, 2.24) is 5.32 Å². The maximum Gasteiger partial charge on any atom is 0.262 e. The van der Waals surface area contributed by atoms with Gasteiger partial charge in [0.15, 0.2) is 6.29 Å². The number of carbonyl (C=O) groups is 1. The summed E-state index contributed by atoms with van der Waals surface area (Å²) in [5.41, 5.74) is 1.75. The zero-order valence-electron chi connectivity index (χ0n) is 19.4. The summed E-state index contributed by atoms with van der Waals surface area (Å²) < 4.78 is 5.16. The molecule has 2 aliphatic heterocycles. The van der Waals surface area contributed by atoms with Crippen molar-refractivity contribution < 1.29 is 30.0 Å². The minimum absolute atomic E-state index is 0.140. The normalized spacial score (nSPS) is 27.8. The molecule has 2 aromatic carbocycles. The molecule has 0 spiro atoms. The highest BCUT2D eigenvalue weighted by Crippen LogP contribution is 2.26. The zero-order chi connectivity index (χ0) is 24.9. The number of anilines is 1. The Bertz CT molecular complexity index is 1120. The lowest BCUT2D eigenvalue weighted by Gasteiger charge is -2.29. The largest absolute Gasteiger partial charge is 0.390 e. The molecule has 1 amide bonds. The van der Waals surface area contributed by atoms with Crippen molar-refractivity contribution in [2.75, 3.05) is 24.5 Å².